The Labute approximate surface area is 138 Å². The van der Waals surface area contributed by atoms with Gasteiger partial charge >= 0.3 is 0 Å². The van der Waals surface area contributed by atoms with Gasteiger partial charge in [0.25, 0.3) is 0 Å². The number of aliphatic hydroxyl groups excluding tert-OH is 1. The van der Waals surface area contributed by atoms with Gasteiger partial charge in [-0.1, -0.05) is 6.07 Å². The number of methoxy groups -OCH3 is 1. The number of rotatable bonds is 8. The van der Waals surface area contributed by atoms with E-state index in [0.717, 1.165) is 57.7 Å². The van der Waals surface area contributed by atoms with Gasteiger partial charge in [-0.15, -0.1) is 11.8 Å². The fourth-order valence-electron chi connectivity index (χ4n) is 2.79. The number of benzene rings is 1. The molecule has 1 aromatic carbocycles. The van der Waals surface area contributed by atoms with Gasteiger partial charge in [0.1, 0.15) is 5.75 Å². The molecule has 0 aromatic heterocycles. The molecule has 1 saturated heterocycles. The molecule has 0 aliphatic carbocycles. The van der Waals surface area contributed by atoms with Crippen LogP contribution in [0.25, 0.3) is 0 Å². The first-order valence-electron chi connectivity index (χ1n) is 8.05. The molecule has 5 heteroatoms. The topological polar surface area (TPSA) is 44.7 Å². The van der Waals surface area contributed by atoms with Gasteiger partial charge in [-0.05, 0) is 56.3 Å². The van der Waals surface area contributed by atoms with Crippen LogP contribution in [0.15, 0.2) is 23.1 Å². The molecule has 1 fully saturated rings. The minimum Gasteiger partial charge on any atom is -0.496 e. The molecule has 2 rings (SSSR count). The first-order chi connectivity index (χ1) is 10.7. The Bertz CT molecular complexity index is 448. The van der Waals surface area contributed by atoms with Crippen molar-refractivity contribution in [1.82, 2.24) is 10.2 Å². The molecule has 1 heterocycles. The maximum absolute atomic E-state index is 9.49. The van der Waals surface area contributed by atoms with Crippen LogP contribution in [0.5, 0.6) is 5.75 Å². The van der Waals surface area contributed by atoms with Crippen molar-refractivity contribution in [2.45, 2.75) is 36.8 Å². The number of ether oxygens (including phenoxy) is 1. The zero-order valence-corrected chi connectivity index (χ0v) is 14.5. The molecule has 1 aliphatic rings. The first kappa shape index (κ1) is 17.6. The Morgan fingerprint density at radius 2 is 2.14 bits per heavy atom. The summed E-state index contributed by atoms with van der Waals surface area (Å²) < 4.78 is 5.42. The summed E-state index contributed by atoms with van der Waals surface area (Å²) in [6, 6.07) is 6.40. The maximum Gasteiger partial charge on any atom is 0.132 e. The molecule has 0 unspecified atom stereocenters. The second-order valence-corrected chi connectivity index (χ2v) is 6.64. The third-order valence-corrected chi connectivity index (χ3v) is 4.94. The molecule has 0 spiro atoms. The zero-order chi connectivity index (χ0) is 15.8. The van der Waals surface area contributed by atoms with Crippen LogP contribution in [-0.2, 0) is 6.54 Å². The van der Waals surface area contributed by atoms with Crippen LogP contribution in [0.4, 0.5) is 0 Å². The second-order valence-electron chi connectivity index (χ2n) is 5.79. The highest BCUT2D eigenvalue weighted by atomic mass is 32.2. The summed E-state index contributed by atoms with van der Waals surface area (Å²) in [5.74, 6) is 0.957. The van der Waals surface area contributed by atoms with Gasteiger partial charge in [-0.3, -0.25) is 0 Å². The number of nitrogens with zero attached hydrogens (tertiary/aromatic N) is 1. The molecular formula is C17H28N2O2S. The van der Waals surface area contributed by atoms with Gasteiger partial charge in [0.15, 0.2) is 0 Å². The van der Waals surface area contributed by atoms with E-state index in [9.17, 15) is 5.11 Å². The summed E-state index contributed by atoms with van der Waals surface area (Å²) in [5.41, 5.74) is 1.26. The van der Waals surface area contributed by atoms with E-state index in [2.05, 4.69) is 34.7 Å². The van der Waals surface area contributed by atoms with Crippen molar-refractivity contribution in [1.29, 1.82) is 0 Å². The molecule has 22 heavy (non-hydrogen) atoms. The SMILES string of the molecule is COc1cc(CNCCCN2CCC(O)CC2)ccc1SC. The van der Waals surface area contributed by atoms with Crippen LogP contribution in [0.3, 0.4) is 0 Å². The number of aliphatic hydroxyl groups is 1. The highest BCUT2D eigenvalue weighted by molar-refractivity contribution is 7.98. The highest BCUT2D eigenvalue weighted by Crippen LogP contribution is 2.28. The van der Waals surface area contributed by atoms with Gasteiger partial charge in [0.2, 0.25) is 0 Å². The molecule has 2 N–H and O–H groups in total. The molecular weight excluding hydrogens is 296 g/mol. The molecule has 1 aromatic rings. The van der Waals surface area contributed by atoms with Crippen LogP contribution >= 0.6 is 11.8 Å². The fraction of sp³-hybridized carbons (Fsp3) is 0.647. The van der Waals surface area contributed by atoms with Crippen molar-refractivity contribution < 1.29 is 9.84 Å². The quantitative estimate of drug-likeness (QED) is 0.568. The van der Waals surface area contributed by atoms with Crippen LogP contribution in [0, 0.1) is 0 Å². The number of nitrogens with one attached hydrogen (secondary N) is 1. The monoisotopic (exact) mass is 324 g/mol. The summed E-state index contributed by atoms with van der Waals surface area (Å²) in [6.45, 7) is 5.09. The Hall–Kier alpha value is -0.750. The molecule has 0 radical (unpaired) electrons. The van der Waals surface area contributed by atoms with Crippen molar-refractivity contribution in [3.8, 4) is 5.75 Å². The lowest BCUT2D eigenvalue weighted by Crippen LogP contribution is -2.37. The molecule has 0 saturated carbocycles. The number of thioether (sulfide) groups is 1. The predicted octanol–water partition coefficient (Wildman–Crippen LogP) is 2.35. The van der Waals surface area contributed by atoms with Crippen LogP contribution in [-0.4, -0.2) is 55.7 Å². The molecule has 124 valence electrons. The number of piperidine rings is 1. The third kappa shape index (κ3) is 5.47. The lowest BCUT2D eigenvalue weighted by atomic mass is 10.1. The molecule has 0 bridgehead atoms. The Morgan fingerprint density at radius 3 is 2.82 bits per heavy atom. The molecule has 1 aliphatic heterocycles. The van der Waals surface area contributed by atoms with E-state index in [1.165, 1.54) is 10.5 Å². The van der Waals surface area contributed by atoms with Gasteiger partial charge in [-0.25, -0.2) is 0 Å². The van der Waals surface area contributed by atoms with Crippen molar-refractivity contribution in [3.63, 3.8) is 0 Å². The van der Waals surface area contributed by atoms with Gasteiger partial charge in [-0.2, -0.15) is 0 Å². The largest absolute Gasteiger partial charge is 0.496 e. The van der Waals surface area contributed by atoms with Crippen molar-refractivity contribution in [2.75, 3.05) is 39.5 Å². The van der Waals surface area contributed by atoms with Gasteiger partial charge in [0, 0.05) is 24.5 Å². The van der Waals surface area contributed by atoms with E-state index in [0.29, 0.717) is 0 Å². The van der Waals surface area contributed by atoms with E-state index in [4.69, 9.17) is 4.74 Å². The minimum atomic E-state index is -0.0754. The van der Waals surface area contributed by atoms with E-state index in [-0.39, 0.29) is 6.10 Å². The number of hydrogen-bond donors (Lipinski definition) is 2. The van der Waals surface area contributed by atoms with E-state index < -0.39 is 0 Å². The van der Waals surface area contributed by atoms with Crippen molar-refractivity contribution >= 4 is 11.8 Å². The minimum absolute atomic E-state index is 0.0754. The standard InChI is InChI=1S/C17H28N2O2S/c1-21-16-12-14(4-5-17(16)22-2)13-18-8-3-9-19-10-6-15(20)7-11-19/h4-5,12,15,18,20H,3,6-11,13H2,1-2H3. The van der Waals surface area contributed by atoms with Crippen molar-refractivity contribution in [3.05, 3.63) is 23.8 Å². The highest BCUT2D eigenvalue weighted by Gasteiger charge is 2.15. The van der Waals surface area contributed by atoms with Gasteiger partial charge in [0.05, 0.1) is 13.2 Å². The van der Waals surface area contributed by atoms with Gasteiger partial charge < -0.3 is 20.1 Å². The van der Waals surface area contributed by atoms with Crippen LogP contribution < -0.4 is 10.1 Å². The molecule has 0 amide bonds. The first-order valence-corrected chi connectivity index (χ1v) is 9.27. The third-order valence-electron chi connectivity index (χ3n) is 4.16. The predicted molar refractivity (Wildman–Crippen MR) is 92.8 cm³/mol. The average molecular weight is 324 g/mol. The Balaban J connectivity index is 1.64. The lowest BCUT2D eigenvalue weighted by molar-refractivity contribution is 0.0821. The summed E-state index contributed by atoms with van der Waals surface area (Å²) in [7, 11) is 1.72. The normalized spacial score (nSPS) is 16.9. The van der Waals surface area contributed by atoms with Crippen LogP contribution in [0.2, 0.25) is 0 Å². The Morgan fingerprint density at radius 1 is 1.36 bits per heavy atom. The average Bonchev–Trinajstić information content (AvgIpc) is 2.56. The number of hydrogen-bond acceptors (Lipinski definition) is 5. The Kier molecular flexibility index (Phi) is 7.52. The van der Waals surface area contributed by atoms with Crippen LogP contribution in [0.1, 0.15) is 24.8 Å². The van der Waals surface area contributed by atoms with E-state index >= 15 is 0 Å². The summed E-state index contributed by atoms with van der Waals surface area (Å²) in [5, 5.41) is 13.0. The number of likely N-dealkylation sites (tertiary alicyclic amines) is 1. The summed E-state index contributed by atoms with van der Waals surface area (Å²) in [4.78, 5) is 3.63. The molecule has 4 nitrogen and oxygen atoms in total. The smallest absolute Gasteiger partial charge is 0.132 e. The second kappa shape index (κ2) is 9.40. The van der Waals surface area contributed by atoms with E-state index in [1.807, 2.05) is 0 Å². The lowest BCUT2D eigenvalue weighted by Gasteiger charge is -2.29. The van der Waals surface area contributed by atoms with Crippen molar-refractivity contribution in [2.24, 2.45) is 0 Å². The van der Waals surface area contributed by atoms with E-state index in [1.54, 1.807) is 18.9 Å². The fourth-order valence-corrected chi connectivity index (χ4v) is 3.34. The molecule has 0 atom stereocenters. The summed E-state index contributed by atoms with van der Waals surface area (Å²) >= 11 is 1.71. The zero-order valence-electron chi connectivity index (χ0n) is 13.7. The summed E-state index contributed by atoms with van der Waals surface area (Å²) in [6.07, 6.45) is 4.99. The maximum atomic E-state index is 9.49.